The van der Waals surface area contributed by atoms with Crippen molar-refractivity contribution < 1.29 is 14.3 Å². The van der Waals surface area contributed by atoms with Gasteiger partial charge in [-0.15, -0.1) is 22.7 Å². The maximum absolute atomic E-state index is 12.4. The number of hydrogen-bond donors (Lipinski definition) is 1. The molecule has 0 saturated heterocycles. The van der Waals surface area contributed by atoms with Crippen molar-refractivity contribution in [2.75, 3.05) is 5.32 Å². The van der Waals surface area contributed by atoms with Crippen molar-refractivity contribution in [2.45, 2.75) is 26.9 Å². The first kappa shape index (κ1) is 20.2. The number of fused-ring (bicyclic) bond motifs is 1. The summed E-state index contributed by atoms with van der Waals surface area (Å²) in [6.07, 6.45) is 0.176. The fraction of sp³-hybridized carbons (Fsp3) is 0.238. The van der Waals surface area contributed by atoms with E-state index >= 15 is 0 Å². The number of esters is 1. The van der Waals surface area contributed by atoms with Gasteiger partial charge < -0.3 is 10.1 Å². The summed E-state index contributed by atoms with van der Waals surface area (Å²) in [4.78, 5) is 30.6. The van der Waals surface area contributed by atoms with E-state index in [4.69, 9.17) is 4.74 Å². The molecule has 0 fully saturated rings. The van der Waals surface area contributed by atoms with Crippen LogP contribution >= 0.6 is 22.7 Å². The number of thiophene rings is 1. The van der Waals surface area contributed by atoms with Gasteiger partial charge in [0.25, 0.3) is 0 Å². The molecule has 7 nitrogen and oxygen atoms in total. The number of nitrogens with zero attached hydrogens (tertiary/aromatic N) is 3. The van der Waals surface area contributed by atoms with E-state index in [1.165, 1.54) is 22.7 Å². The molecule has 0 saturated carbocycles. The van der Waals surface area contributed by atoms with Gasteiger partial charge in [0.15, 0.2) is 0 Å². The SMILES string of the molecule is Cc1ccccc1NC(=O)Cc1nc(COC(=O)c2cc3c(C)nn(C)c3s2)cs1. The number of thiazole rings is 1. The summed E-state index contributed by atoms with van der Waals surface area (Å²) >= 11 is 2.74. The van der Waals surface area contributed by atoms with Gasteiger partial charge in [-0.1, -0.05) is 18.2 Å². The number of ether oxygens (including phenoxy) is 1. The lowest BCUT2D eigenvalue weighted by Crippen LogP contribution is -2.15. The Hall–Kier alpha value is -3.04. The van der Waals surface area contributed by atoms with Gasteiger partial charge in [-0.3, -0.25) is 9.48 Å². The Morgan fingerprint density at radius 1 is 1.23 bits per heavy atom. The number of carbonyl (C=O) groups is 2. The van der Waals surface area contributed by atoms with Crippen LogP contribution < -0.4 is 5.32 Å². The number of rotatable bonds is 6. The van der Waals surface area contributed by atoms with Crippen molar-refractivity contribution in [1.82, 2.24) is 14.8 Å². The molecule has 30 heavy (non-hydrogen) atoms. The zero-order valence-electron chi connectivity index (χ0n) is 16.8. The van der Waals surface area contributed by atoms with E-state index < -0.39 is 0 Å². The monoisotopic (exact) mass is 440 g/mol. The van der Waals surface area contributed by atoms with E-state index in [1.807, 2.05) is 56.6 Å². The lowest BCUT2D eigenvalue weighted by molar-refractivity contribution is -0.115. The Balaban J connectivity index is 1.33. The summed E-state index contributed by atoms with van der Waals surface area (Å²) in [5, 5.41) is 10.7. The van der Waals surface area contributed by atoms with Gasteiger partial charge in [0.05, 0.1) is 17.8 Å². The number of carbonyl (C=O) groups excluding carboxylic acids is 2. The third-order valence-electron chi connectivity index (χ3n) is 4.58. The average molecular weight is 441 g/mol. The van der Waals surface area contributed by atoms with Crippen molar-refractivity contribution >= 4 is 50.5 Å². The van der Waals surface area contributed by atoms with Crippen LogP contribution in [0.15, 0.2) is 35.7 Å². The lowest BCUT2D eigenvalue weighted by Gasteiger charge is -2.06. The third kappa shape index (κ3) is 4.27. The molecule has 0 unspecified atom stereocenters. The molecular formula is C21H20N4O3S2. The summed E-state index contributed by atoms with van der Waals surface area (Å²) in [6.45, 7) is 3.93. The zero-order valence-corrected chi connectivity index (χ0v) is 18.4. The molecule has 3 aromatic heterocycles. The molecular weight excluding hydrogens is 420 g/mol. The Morgan fingerprint density at radius 3 is 2.80 bits per heavy atom. The van der Waals surface area contributed by atoms with Crippen LogP contribution in [0.4, 0.5) is 5.69 Å². The Kier molecular flexibility index (Phi) is 5.65. The number of aryl methyl sites for hydroxylation is 3. The molecule has 0 spiro atoms. The lowest BCUT2D eigenvalue weighted by atomic mass is 10.2. The van der Waals surface area contributed by atoms with E-state index in [1.54, 1.807) is 4.68 Å². The number of hydrogen-bond acceptors (Lipinski definition) is 7. The fourth-order valence-corrected chi connectivity index (χ4v) is 4.85. The van der Waals surface area contributed by atoms with E-state index in [0.717, 1.165) is 27.2 Å². The number of para-hydroxylation sites is 1. The molecule has 1 amide bonds. The Labute approximate surface area is 181 Å². The third-order valence-corrected chi connectivity index (χ3v) is 6.66. The zero-order chi connectivity index (χ0) is 21.3. The number of benzene rings is 1. The second kappa shape index (κ2) is 8.37. The first-order valence-corrected chi connectivity index (χ1v) is 11.0. The number of nitrogens with one attached hydrogen (secondary N) is 1. The molecule has 0 aliphatic rings. The van der Waals surface area contributed by atoms with E-state index in [9.17, 15) is 9.59 Å². The summed E-state index contributed by atoms with van der Waals surface area (Å²) in [6, 6.07) is 9.43. The quantitative estimate of drug-likeness (QED) is 0.453. The number of anilines is 1. The molecule has 9 heteroatoms. The van der Waals surface area contributed by atoms with Gasteiger partial charge in [0, 0.05) is 23.5 Å². The first-order chi connectivity index (χ1) is 14.4. The topological polar surface area (TPSA) is 86.1 Å². The molecule has 0 radical (unpaired) electrons. The minimum atomic E-state index is -0.387. The second-order valence-corrected chi connectivity index (χ2v) is 8.86. The molecule has 0 aliphatic carbocycles. The normalized spacial score (nSPS) is 11.0. The maximum Gasteiger partial charge on any atom is 0.348 e. The highest BCUT2D eigenvalue weighted by molar-refractivity contribution is 7.20. The molecule has 4 aromatic rings. The van der Waals surface area contributed by atoms with Gasteiger partial charge in [0.2, 0.25) is 5.91 Å². The van der Waals surface area contributed by atoms with Crippen LogP contribution in [-0.4, -0.2) is 26.6 Å². The Bertz CT molecular complexity index is 1200. The largest absolute Gasteiger partial charge is 0.455 e. The summed E-state index contributed by atoms with van der Waals surface area (Å²) < 4.78 is 7.17. The van der Waals surface area contributed by atoms with Gasteiger partial charge in [0.1, 0.15) is 21.3 Å². The molecule has 4 rings (SSSR count). The van der Waals surface area contributed by atoms with Crippen molar-refractivity contribution in [3.8, 4) is 0 Å². The predicted molar refractivity (Wildman–Crippen MR) is 118 cm³/mol. The second-order valence-electron chi connectivity index (χ2n) is 6.89. The van der Waals surface area contributed by atoms with Crippen LogP contribution in [0.3, 0.4) is 0 Å². The molecule has 1 aromatic carbocycles. The molecule has 154 valence electrons. The molecule has 0 aliphatic heterocycles. The molecule has 3 heterocycles. The van der Waals surface area contributed by atoms with Crippen molar-refractivity contribution in [3.63, 3.8) is 0 Å². The van der Waals surface area contributed by atoms with Crippen LogP contribution in [0.5, 0.6) is 0 Å². The van der Waals surface area contributed by atoms with Crippen molar-refractivity contribution in [1.29, 1.82) is 0 Å². The van der Waals surface area contributed by atoms with Crippen molar-refractivity contribution in [3.05, 3.63) is 62.5 Å². The highest BCUT2D eigenvalue weighted by Gasteiger charge is 2.17. The number of aromatic nitrogens is 3. The summed E-state index contributed by atoms with van der Waals surface area (Å²) in [5.74, 6) is -0.515. The van der Waals surface area contributed by atoms with Gasteiger partial charge in [-0.2, -0.15) is 5.10 Å². The van der Waals surface area contributed by atoms with Gasteiger partial charge >= 0.3 is 5.97 Å². The first-order valence-electron chi connectivity index (χ1n) is 9.29. The summed E-state index contributed by atoms with van der Waals surface area (Å²) in [5.41, 5.74) is 3.31. The van der Waals surface area contributed by atoms with Crippen molar-refractivity contribution in [2.24, 2.45) is 7.05 Å². The highest BCUT2D eigenvalue weighted by Crippen LogP contribution is 2.28. The average Bonchev–Trinajstić information content (AvgIpc) is 3.40. The van der Waals surface area contributed by atoms with Crippen LogP contribution in [0, 0.1) is 13.8 Å². The minimum absolute atomic E-state index is 0.0697. The fourth-order valence-electron chi connectivity index (χ4n) is 3.06. The minimum Gasteiger partial charge on any atom is -0.455 e. The van der Waals surface area contributed by atoms with Crippen LogP contribution in [0.1, 0.15) is 31.6 Å². The van der Waals surface area contributed by atoms with Crippen LogP contribution in [-0.2, 0) is 29.6 Å². The van der Waals surface area contributed by atoms with Gasteiger partial charge in [-0.25, -0.2) is 9.78 Å². The van der Waals surface area contributed by atoms with E-state index in [0.29, 0.717) is 15.6 Å². The predicted octanol–water partition coefficient (Wildman–Crippen LogP) is 4.25. The number of amides is 1. The van der Waals surface area contributed by atoms with E-state index in [2.05, 4.69) is 15.4 Å². The smallest absolute Gasteiger partial charge is 0.348 e. The Morgan fingerprint density at radius 2 is 2.03 bits per heavy atom. The standard InChI is InChI=1S/C21H20N4O3S2/c1-12-6-4-5-7-16(12)23-18(26)9-19-22-14(11-29-19)10-28-21(27)17-8-15-13(2)24-25(3)20(15)30-17/h4-8,11H,9-10H2,1-3H3,(H,23,26). The molecule has 0 bridgehead atoms. The van der Waals surface area contributed by atoms with Crippen LogP contribution in [0.25, 0.3) is 10.2 Å². The highest BCUT2D eigenvalue weighted by atomic mass is 32.1. The maximum atomic E-state index is 12.4. The van der Waals surface area contributed by atoms with Crippen LogP contribution in [0.2, 0.25) is 0 Å². The van der Waals surface area contributed by atoms with Gasteiger partial charge in [-0.05, 0) is 31.5 Å². The molecule has 0 atom stereocenters. The molecule has 1 N–H and O–H groups in total. The summed E-state index contributed by atoms with van der Waals surface area (Å²) in [7, 11) is 1.85. The van der Waals surface area contributed by atoms with E-state index in [-0.39, 0.29) is 24.9 Å².